The Labute approximate surface area is 230 Å². The number of carbonyl (C=O) groups is 5. The van der Waals surface area contributed by atoms with Crippen LogP contribution in [0.5, 0.6) is 0 Å². The first-order valence-corrected chi connectivity index (χ1v) is 14.5. The maximum absolute atomic E-state index is 13.2. The summed E-state index contributed by atoms with van der Waals surface area (Å²) < 4.78 is 5.37. The quantitative estimate of drug-likeness (QED) is 0.154. The molecule has 0 aliphatic rings. The molecule has 0 spiro atoms. The fraction of sp³-hybridized carbons (Fsp3) is 0.552. The van der Waals surface area contributed by atoms with Gasteiger partial charge < -0.3 is 20.2 Å². The average molecular weight is 547 g/mol. The van der Waals surface area contributed by atoms with Gasteiger partial charge in [0.25, 0.3) is 0 Å². The van der Waals surface area contributed by atoms with Crippen molar-refractivity contribution in [2.75, 3.05) is 18.6 Å². The number of rotatable bonds is 19. The van der Waals surface area contributed by atoms with Gasteiger partial charge in [0.15, 0.2) is 0 Å². The van der Waals surface area contributed by atoms with Gasteiger partial charge in [0.1, 0.15) is 30.3 Å². The summed E-state index contributed by atoms with van der Waals surface area (Å²) in [6.45, 7) is 5.32. The Morgan fingerprint density at radius 2 is 1.66 bits per heavy atom. The molecule has 2 N–H and O–H groups in total. The van der Waals surface area contributed by atoms with E-state index in [1.807, 2.05) is 50.4 Å². The summed E-state index contributed by atoms with van der Waals surface area (Å²) in [7, 11) is 0. The number of hydrogen-bond acceptors (Lipinski definition) is 7. The molecule has 2 atom stereocenters. The molecule has 0 heterocycles. The number of amides is 2. The third-order valence-electron chi connectivity index (χ3n) is 5.58. The van der Waals surface area contributed by atoms with Crippen molar-refractivity contribution in [1.29, 1.82) is 0 Å². The molecule has 38 heavy (non-hydrogen) atoms. The lowest BCUT2D eigenvalue weighted by Crippen LogP contribution is -2.53. The van der Waals surface area contributed by atoms with Crippen LogP contribution in [0.2, 0.25) is 0 Å². The van der Waals surface area contributed by atoms with Crippen LogP contribution in [0.1, 0.15) is 64.9 Å². The van der Waals surface area contributed by atoms with E-state index in [9.17, 15) is 24.0 Å². The minimum absolute atomic E-state index is 0.0337. The summed E-state index contributed by atoms with van der Waals surface area (Å²) in [6.07, 6.45) is 7.45. The normalized spacial score (nSPS) is 12.7. The van der Waals surface area contributed by atoms with Crippen LogP contribution in [0.25, 0.3) is 0 Å². The molecule has 0 fully saturated rings. The Balaban J connectivity index is 2.82. The predicted octanol–water partition coefficient (Wildman–Crippen LogP) is 3.82. The van der Waals surface area contributed by atoms with Crippen LogP contribution < -0.4 is 10.6 Å². The van der Waals surface area contributed by atoms with Gasteiger partial charge in [0, 0.05) is 32.1 Å². The van der Waals surface area contributed by atoms with Gasteiger partial charge in [-0.2, -0.15) is 11.8 Å². The van der Waals surface area contributed by atoms with Gasteiger partial charge in [-0.15, -0.1) is 0 Å². The zero-order valence-corrected chi connectivity index (χ0v) is 23.8. The van der Waals surface area contributed by atoms with E-state index in [2.05, 4.69) is 10.6 Å². The van der Waals surface area contributed by atoms with Crippen LogP contribution in [0.3, 0.4) is 0 Å². The topological polar surface area (TPSA) is 119 Å². The van der Waals surface area contributed by atoms with Crippen molar-refractivity contribution in [2.45, 2.75) is 77.8 Å². The summed E-state index contributed by atoms with van der Waals surface area (Å²) >= 11 is 1.66. The molecular formula is C29H42N2O6S. The molecule has 0 aliphatic carbocycles. The number of ketones is 2. The third kappa shape index (κ3) is 15.3. The molecule has 1 aromatic rings. The first-order valence-electron chi connectivity index (χ1n) is 13.1. The molecule has 0 aromatic heterocycles. The Bertz CT molecular complexity index is 932. The second-order valence-corrected chi connectivity index (χ2v) is 10.6. The first kappa shape index (κ1) is 33.1. The van der Waals surface area contributed by atoms with Crippen molar-refractivity contribution in [1.82, 2.24) is 10.6 Å². The van der Waals surface area contributed by atoms with E-state index in [1.165, 1.54) is 6.92 Å². The van der Waals surface area contributed by atoms with E-state index in [0.29, 0.717) is 12.8 Å². The maximum atomic E-state index is 13.2. The van der Waals surface area contributed by atoms with Crippen LogP contribution in [0.4, 0.5) is 0 Å². The van der Waals surface area contributed by atoms with Crippen molar-refractivity contribution >= 4 is 41.1 Å². The van der Waals surface area contributed by atoms with Crippen molar-refractivity contribution in [3.05, 3.63) is 48.0 Å². The number of hydrogen-bond donors (Lipinski definition) is 2. The van der Waals surface area contributed by atoms with Gasteiger partial charge in [0.2, 0.25) is 11.8 Å². The van der Waals surface area contributed by atoms with Crippen molar-refractivity contribution < 1.29 is 28.7 Å². The van der Waals surface area contributed by atoms with E-state index < -0.39 is 24.0 Å². The lowest BCUT2D eigenvalue weighted by molar-refractivity contribution is -0.147. The highest BCUT2D eigenvalue weighted by atomic mass is 32.2. The number of Topliss-reactive ketones (excluding diaryl/α,β-unsaturated/α-hetero) is 2. The van der Waals surface area contributed by atoms with E-state index >= 15 is 0 Å². The minimum Gasteiger partial charge on any atom is -0.460 e. The molecule has 0 saturated heterocycles. The number of ether oxygens (including phenoxy) is 1. The van der Waals surface area contributed by atoms with Gasteiger partial charge in [0.05, 0.1) is 0 Å². The molecule has 0 radical (unpaired) electrons. The molecule has 2 amide bonds. The molecule has 0 bridgehead atoms. The summed E-state index contributed by atoms with van der Waals surface area (Å²) in [4.78, 5) is 61.3. The smallest absolute Gasteiger partial charge is 0.329 e. The fourth-order valence-corrected chi connectivity index (χ4v) is 4.03. The molecule has 8 nitrogen and oxygen atoms in total. The fourth-order valence-electron chi connectivity index (χ4n) is 3.59. The monoisotopic (exact) mass is 546 g/mol. The number of allylic oxidation sites excluding steroid dienone is 1. The third-order valence-corrected chi connectivity index (χ3v) is 6.28. The van der Waals surface area contributed by atoms with E-state index in [0.717, 1.165) is 17.7 Å². The van der Waals surface area contributed by atoms with Crippen LogP contribution in [0, 0.1) is 5.92 Å². The standard InChI is InChI=1S/C29H42N2O6S/c1-21(2)19-25(30-27(34)14-10-18-38-4)28(35)31-26(20-23-11-6-5-7-12-23)29(36)37-17-9-8-13-24(33)16-15-22(3)32/h5-9,11-12,21,25-26H,10,13-20H2,1-4H3,(H,30,34)(H,31,35). The largest absolute Gasteiger partial charge is 0.460 e. The summed E-state index contributed by atoms with van der Waals surface area (Å²) in [6, 6.07) is 7.57. The van der Waals surface area contributed by atoms with Crippen LogP contribution >= 0.6 is 11.8 Å². The van der Waals surface area contributed by atoms with Crippen LogP contribution in [-0.4, -0.2) is 60.0 Å². The molecule has 0 aliphatic heterocycles. The van der Waals surface area contributed by atoms with Gasteiger partial charge in [-0.3, -0.25) is 14.4 Å². The van der Waals surface area contributed by atoms with Crippen molar-refractivity contribution in [3.63, 3.8) is 0 Å². The molecule has 210 valence electrons. The SMILES string of the molecule is CSCCCC(=O)NC(CC(C)C)C(=O)NC(Cc1ccccc1)C(=O)OCC=CCC(=O)CCC(C)=O. The average Bonchev–Trinajstić information content (AvgIpc) is 2.86. The minimum atomic E-state index is -0.946. The van der Waals surface area contributed by atoms with Crippen molar-refractivity contribution in [2.24, 2.45) is 5.92 Å². The molecule has 2 unspecified atom stereocenters. The molecule has 0 saturated carbocycles. The van der Waals surface area contributed by atoms with E-state index in [-0.39, 0.29) is 55.7 Å². The Hall–Kier alpha value is -2.94. The molecule has 1 aromatic carbocycles. The number of thioether (sulfide) groups is 1. The molecule has 1 rings (SSSR count). The maximum Gasteiger partial charge on any atom is 0.329 e. The number of esters is 1. The van der Waals surface area contributed by atoms with E-state index in [4.69, 9.17) is 4.74 Å². The van der Waals surface area contributed by atoms with Gasteiger partial charge in [-0.1, -0.05) is 56.3 Å². The zero-order valence-electron chi connectivity index (χ0n) is 23.0. The highest BCUT2D eigenvalue weighted by Gasteiger charge is 2.28. The van der Waals surface area contributed by atoms with Gasteiger partial charge in [-0.25, -0.2) is 4.79 Å². The molecular weight excluding hydrogens is 504 g/mol. The molecule has 9 heteroatoms. The van der Waals surface area contributed by atoms with Crippen LogP contribution in [0.15, 0.2) is 42.5 Å². The highest BCUT2D eigenvalue weighted by Crippen LogP contribution is 2.10. The summed E-state index contributed by atoms with van der Waals surface area (Å²) in [5, 5.41) is 5.61. The Morgan fingerprint density at radius 3 is 2.29 bits per heavy atom. The number of nitrogens with one attached hydrogen (secondary N) is 2. The number of carbonyl (C=O) groups excluding carboxylic acids is 5. The van der Waals surface area contributed by atoms with Gasteiger partial charge in [-0.05, 0) is 43.3 Å². The summed E-state index contributed by atoms with van der Waals surface area (Å²) in [5.74, 6) is -0.311. The predicted molar refractivity (Wildman–Crippen MR) is 151 cm³/mol. The Kier molecular flexibility index (Phi) is 16.7. The lowest BCUT2D eigenvalue weighted by atomic mass is 10.0. The summed E-state index contributed by atoms with van der Waals surface area (Å²) in [5.41, 5.74) is 0.850. The van der Waals surface area contributed by atoms with E-state index in [1.54, 1.807) is 23.9 Å². The van der Waals surface area contributed by atoms with Gasteiger partial charge >= 0.3 is 5.97 Å². The lowest BCUT2D eigenvalue weighted by Gasteiger charge is -2.24. The zero-order chi connectivity index (χ0) is 28.3. The van der Waals surface area contributed by atoms with Crippen molar-refractivity contribution in [3.8, 4) is 0 Å². The Morgan fingerprint density at radius 1 is 0.947 bits per heavy atom. The highest BCUT2D eigenvalue weighted by molar-refractivity contribution is 7.98. The number of benzene rings is 1. The first-order chi connectivity index (χ1) is 18.1. The second kappa shape index (κ2) is 19.2. The second-order valence-electron chi connectivity index (χ2n) is 9.64. The van der Waals surface area contributed by atoms with Crippen LogP contribution in [-0.2, 0) is 35.1 Å².